The Morgan fingerprint density at radius 3 is 3.07 bits per heavy atom. The second-order valence-corrected chi connectivity index (χ2v) is 4.48. The summed E-state index contributed by atoms with van der Waals surface area (Å²) in [5, 5.41) is 6.62. The average Bonchev–Trinajstić information content (AvgIpc) is 2.75. The van der Waals surface area contributed by atoms with Crippen LogP contribution in [0.25, 0.3) is 10.8 Å². The molecular formula is C8H7N3OS2. The van der Waals surface area contributed by atoms with Gasteiger partial charge in [0.1, 0.15) is 4.88 Å². The Kier molecular flexibility index (Phi) is 1.78. The summed E-state index contributed by atoms with van der Waals surface area (Å²) in [4.78, 5) is 5.66. The van der Waals surface area contributed by atoms with Crippen molar-refractivity contribution in [3.8, 4) is 10.8 Å². The number of aromatic nitrogens is 3. The largest absolute Gasteiger partial charge is 0.408 e. The van der Waals surface area contributed by atoms with Gasteiger partial charge in [-0.3, -0.25) is 0 Å². The van der Waals surface area contributed by atoms with Gasteiger partial charge < -0.3 is 4.42 Å². The topological polar surface area (TPSA) is 54.7 Å². The maximum atomic E-state index is 5.27. The average molecular weight is 225 g/mol. The number of nitrogens with zero attached hydrogens (tertiary/aromatic N) is 2. The monoisotopic (exact) mass is 225 g/mol. The zero-order chi connectivity index (χ0) is 9.54. The summed E-state index contributed by atoms with van der Waals surface area (Å²) in [6.45, 7) is 0. The molecule has 14 heavy (non-hydrogen) atoms. The lowest BCUT2D eigenvalue weighted by atomic mass is 10.2. The van der Waals surface area contributed by atoms with E-state index in [0.29, 0.717) is 16.6 Å². The molecule has 2 heterocycles. The van der Waals surface area contributed by atoms with Gasteiger partial charge in [-0.1, -0.05) is 0 Å². The van der Waals surface area contributed by atoms with E-state index >= 15 is 0 Å². The van der Waals surface area contributed by atoms with Gasteiger partial charge in [0, 0.05) is 5.92 Å². The predicted octanol–water partition coefficient (Wildman–Crippen LogP) is 2.73. The molecule has 0 aromatic carbocycles. The first-order valence-electron chi connectivity index (χ1n) is 4.34. The van der Waals surface area contributed by atoms with Crippen molar-refractivity contribution in [2.24, 2.45) is 0 Å². The van der Waals surface area contributed by atoms with Gasteiger partial charge in [-0.15, -0.1) is 16.4 Å². The molecule has 0 amide bonds. The van der Waals surface area contributed by atoms with Gasteiger partial charge in [0.05, 0.1) is 11.2 Å². The summed E-state index contributed by atoms with van der Waals surface area (Å²) in [6, 6.07) is 0. The fourth-order valence-electron chi connectivity index (χ4n) is 1.39. The van der Waals surface area contributed by atoms with Crippen LogP contribution >= 0.6 is 23.6 Å². The molecule has 0 atom stereocenters. The molecule has 3 rings (SSSR count). The number of aromatic amines is 1. The maximum absolute atomic E-state index is 5.27. The zero-order valence-corrected chi connectivity index (χ0v) is 8.82. The third-order valence-corrected chi connectivity index (χ3v) is 3.20. The van der Waals surface area contributed by atoms with Crippen LogP contribution in [0.5, 0.6) is 0 Å². The summed E-state index contributed by atoms with van der Waals surface area (Å²) < 4.78 is 5.27. The van der Waals surface area contributed by atoms with Crippen LogP contribution in [0.15, 0.2) is 9.93 Å². The van der Waals surface area contributed by atoms with Crippen molar-refractivity contribution in [2.75, 3.05) is 0 Å². The van der Waals surface area contributed by atoms with Crippen LogP contribution in [0.3, 0.4) is 0 Å². The van der Waals surface area contributed by atoms with Crippen molar-refractivity contribution in [2.45, 2.75) is 18.8 Å². The number of H-pyrrole nitrogens is 1. The molecule has 1 N–H and O–H groups in total. The summed E-state index contributed by atoms with van der Waals surface area (Å²) in [5.74, 6) is 1.18. The summed E-state index contributed by atoms with van der Waals surface area (Å²) in [7, 11) is 0. The molecule has 2 aromatic heterocycles. The minimum Gasteiger partial charge on any atom is -0.408 e. The Hall–Kier alpha value is -1.01. The quantitative estimate of drug-likeness (QED) is 0.798. The summed E-state index contributed by atoms with van der Waals surface area (Å²) in [5.41, 5.74) is 2.94. The van der Waals surface area contributed by atoms with Crippen molar-refractivity contribution in [1.29, 1.82) is 0 Å². The maximum Gasteiger partial charge on any atom is 0.284 e. The fourth-order valence-corrected chi connectivity index (χ4v) is 2.31. The highest BCUT2D eigenvalue weighted by Crippen LogP contribution is 2.44. The van der Waals surface area contributed by atoms with Crippen LogP contribution in [0.1, 0.15) is 24.5 Å². The molecule has 0 unspecified atom stereocenters. The number of nitrogens with one attached hydrogen (secondary N) is 1. The molecule has 0 radical (unpaired) electrons. The molecule has 1 aliphatic carbocycles. The van der Waals surface area contributed by atoms with E-state index in [1.165, 1.54) is 12.8 Å². The molecule has 4 nitrogen and oxygen atoms in total. The molecule has 1 saturated carbocycles. The van der Waals surface area contributed by atoms with Crippen LogP contribution in [0.4, 0.5) is 0 Å². The van der Waals surface area contributed by atoms with Gasteiger partial charge in [-0.2, -0.15) is 0 Å². The molecule has 0 bridgehead atoms. The van der Waals surface area contributed by atoms with Crippen LogP contribution < -0.4 is 0 Å². The highest BCUT2D eigenvalue weighted by atomic mass is 32.1. The lowest BCUT2D eigenvalue weighted by Crippen LogP contribution is -1.83. The Morgan fingerprint density at radius 1 is 1.57 bits per heavy atom. The summed E-state index contributed by atoms with van der Waals surface area (Å²) >= 11 is 6.38. The molecule has 6 heteroatoms. The van der Waals surface area contributed by atoms with Gasteiger partial charge in [0.25, 0.3) is 10.7 Å². The lowest BCUT2D eigenvalue weighted by Gasteiger charge is -1.92. The predicted molar refractivity (Wildman–Crippen MR) is 54.8 cm³/mol. The van der Waals surface area contributed by atoms with Crippen molar-refractivity contribution in [3.63, 3.8) is 0 Å². The van der Waals surface area contributed by atoms with Crippen LogP contribution in [0, 0.1) is 4.84 Å². The first-order chi connectivity index (χ1) is 6.84. The smallest absolute Gasteiger partial charge is 0.284 e. The summed E-state index contributed by atoms with van der Waals surface area (Å²) in [6.07, 6.45) is 2.45. The standard InChI is InChI=1S/C8H7N3OS2/c13-8-11-10-7(12-8)6-5(4-1-2-4)9-3-14-6/h3-4H,1-2H2,(H,11,13). The number of rotatable bonds is 2. The second-order valence-electron chi connectivity index (χ2n) is 3.26. The minimum atomic E-state index is 0.315. The van der Waals surface area contributed by atoms with Gasteiger partial charge in [0.15, 0.2) is 0 Å². The van der Waals surface area contributed by atoms with Crippen LogP contribution in [0.2, 0.25) is 0 Å². The van der Waals surface area contributed by atoms with Gasteiger partial charge in [-0.25, -0.2) is 10.1 Å². The van der Waals surface area contributed by atoms with E-state index in [2.05, 4.69) is 15.2 Å². The second kappa shape index (κ2) is 2.99. The zero-order valence-electron chi connectivity index (χ0n) is 7.19. The number of thiazole rings is 1. The van der Waals surface area contributed by atoms with E-state index in [-0.39, 0.29) is 0 Å². The van der Waals surface area contributed by atoms with E-state index in [0.717, 1.165) is 10.6 Å². The Morgan fingerprint density at radius 2 is 2.43 bits per heavy atom. The van der Waals surface area contributed by atoms with Gasteiger partial charge in [-0.05, 0) is 25.1 Å². The van der Waals surface area contributed by atoms with Crippen LogP contribution in [-0.4, -0.2) is 15.2 Å². The minimum absolute atomic E-state index is 0.315. The molecule has 1 fully saturated rings. The highest BCUT2D eigenvalue weighted by Gasteiger charge is 2.30. The molecule has 72 valence electrons. The van der Waals surface area contributed by atoms with E-state index in [9.17, 15) is 0 Å². The molecular weight excluding hydrogens is 218 g/mol. The highest BCUT2D eigenvalue weighted by molar-refractivity contribution is 7.71. The molecule has 1 aliphatic rings. The van der Waals surface area contributed by atoms with E-state index in [4.69, 9.17) is 16.6 Å². The normalized spacial score (nSPS) is 16.0. The molecule has 0 saturated heterocycles. The van der Waals surface area contributed by atoms with Crippen molar-refractivity contribution in [3.05, 3.63) is 16.0 Å². The first-order valence-corrected chi connectivity index (χ1v) is 5.62. The third kappa shape index (κ3) is 1.31. The van der Waals surface area contributed by atoms with Crippen molar-refractivity contribution >= 4 is 23.6 Å². The van der Waals surface area contributed by atoms with Gasteiger partial charge >= 0.3 is 0 Å². The van der Waals surface area contributed by atoms with E-state index in [1.807, 2.05) is 5.51 Å². The molecule has 0 aliphatic heterocycles. The van der Waals surface area contributed by atoms with Gasteiger partial charge in [0.2, 0.25) is 0 Å². The number of hydrogen-bond acceptors (Lipinski definition) is 5. The fraction of sp³-hybridized carbons (Fsp3) is 0.375. The molecule has 2 aromatic rings. The van der Waals surface area contributed by atoms with E-state index in [1.54, 1.807) is 11.3 Å². The Bertz CT molecular complexity index is 508. The molecule has 0 spiro atoms. The Labute approximate surface area is 89.0 Å². The third-order valence-electron chi connectivity index (χ3n) is 2.19. The van der Waals surface area contributed by atoms with E-state index < -0.39 is 0 Å². The van der Waals surface area contributed by atoms with Crippen molar-refractivity contribution < 1.29 is 4.42 Å². The SMILES string of the molecule is S=c1[nH]nc(-c2scnc2C2CC2)o1. The Balaban J connectivity index is 2.10. The number of hydrogen-bond donors (Lipinski definition) is 1. The van der Waals surface area contributed by atoms with Crippen LogP contribution in [-0.2, 0) is 0 Å². The first kappa shape index (κ1) is 8.31. The van der Waals surface area contributed by atoms with Crippen molar-refractivity contribution in [1.82, 2.24) is 15.2 Å². The lowest BCUT2D eigenvalue weighted by molar-refractivity contribution is 0.552.